The zero-order valence-electron chi connectivity index (χ0n) is 8.08. The van der Waals surface area contributed by atoms with E-state index in [1.165, 1.54) is 16.9 Å². The van der Waals surface area contributed by atoms with Crippen molar-refractivity contribution in [2.24, 2.45) is 7.05 Å². The van der Waals surface area contributed by atoms with E-state index in [2.05, 4.69) is 54.4 Å². The van der Waals surface area contributed by atoms with Crippen molar-refractivity contribution < 1.29 is 28.5 Å². The van der Waals surface area contributed by atoms with Gasteiger partial charge < -0.3 is 28.4 Å². The van der Waals surface area contributed by atoms with Gasteiger partial charge in [0.1, 0.15) is 12.6 Å². The number of halogens is 1. The lowest BCUT2D eigenvalue weighted by Gasteiger charge is -1.98. The Labute approximate surface area is 95.2 Å². The third-order valence-electron chi connectivity index (χ3n) is 2.46. The molecule has 0 bridgehead atoms. The number of aryl methyl sites for hydroxylation is 3. The smallest absolute Gasteiger partial charge is 0.202 e. The van der Waals surface area contributed by atoms with Gasteiger partial charge in [-0.2, -0.15) is 0 Å². The van der Waals surface area contributed by atoms with Gasteiger partial charge in [0.15, 0.2) is 6.20 Å². The van der Waals surface area contributed by atoms with Crippen LogP contribution in [0.15, 0.2) is 24.5 Å². The zero-order chi connectivity index (χ0) is 8.72. The minimum absolute atomic E-state index is 0. The number of nitrogens with zero attached hydrogens (tertiary/aromatic N) is 2. The fraction of sp³-hybridized carbons (Fsp3) is 0.300. The highest BCUT2D eigenvalue weighted by Gasteiger charge is 2.07. The summed E-state index contributed by atoms with van der Waals surface area (Å²) < 4.78 is 4.34. The summed E-state index contributed by atoms with van der Waals surface area (Å²) in [4.78, 5) is 0. The minimum atomic E-state index is 0. The summed E-state index contributed by atoms with van der Waals surface area (Å²) in [6.07, 6.45) is 4.17. The molecular formula is C10H13IN2. The lowest BCUT2D eigenvalue weighted by Crippen LogP contribution is -3.00. The van der Waals surface area contributed by atoms with E-state index in [0.717, 1.165) is 0 Å². The molecule has 13 heavy (non-hydrogen) atoms. The van der Waals surface area contributed by atoms with Gasteiger partial charge in [-0.1, -0.05) is 0 Å². The predicted octanol–water partition coefficient (Wildman–Crippen LogP) is -1.62. The van der Waals surface area contributed by atoms with E-state index in [-0.39, 0.29) is 24.0 Å². The fourth-order valence-corrected chi connectivity index (χ4v) is 1.50. The van der Waals surface area contributed by atoms with Crippen LogP contribution in [0.2, 0.25) is 0 Å². The Kier molecular flexibility index (Phi) is 2.95. The Bertz CT molecular complexity index is 432. The van der Waals surface area contributed by atoms with Crippen LogP contribution in [-0.2, 0) is 7.05 Å². The lowest BCUT2D eigenvalue weighted by atomic mass is 10.4. The lowest BCUT2D eigenvalue weighted by molar-refractivity contribution is -0.676. The number of hydrogen-bond acceptors (Lipinski definition) is 0. The fourth-order valence-electron chi connectivity index (χ4n) is 1.50. The minimum Gasteiger partial charge on any atom is -1.00 e. The van der Waals surface area contributed by atoms with Gasteiger partial charge in [0.25, 0.3) is 0 Å². The van der Waals surface area contributed by atoms with Crippen LogP contribution in [0.25, 0.3) is 5.52 Å². The average Bonchev–Trinajstić information content (AvgIpc) is 2.41. The van der Waals surface area contributed by atoms with Crippen molar-refractivity contribution in [3.63, 3.8) is 0 Å². The van der Waals surface area contributed by atoms with Crippen LogP contribution in [0.3, 0.4) is 0 Å². The van der Waals surface area contributed by atoms with Gasteiger partial charge in [-0.15, -0.1) is 0 Å². The summed E-state index contributed by atoms with van der Waals surface area (Å²) >= 11 is 0. The van der Waals surface area contributed by atoms with E-state index in [1.807, 2.05) is 0 Å². The summed E-state index contributed by atoms with van der Waals surface area (Å²) in [5.41, 5.74) is 3.87. The SMILES string of the molecule is Cc1ccc2c(C)[n+](C)ccn12.[I-]. The molecule has 2 rings (SSSR count). The van der Waals surface area contributed by atoms with E-state index in [1.54, 1.807) is 0 Å². The largest absolute Gasteiger partial charge is 1.00 e. The van der Waals surface area contributed by atoms with Gasteiger partial charge in [0, 0.05) is 12.6 Å². The first-order valence-corrected chi connectivity index (χ1v) is 4.13. The van der Waals surface area contributed by atoms with Gasteiger partial charge in [-0.3, -0.25) is 0 Å². The Morgan fingerprint density at radius 1 is 1.23 bits per heavy atom. The van der Waals surface area contributed by atoms with Crippen molar-refractivity contribution in [1.29, 1.82) is 0 Å². The number of aromatic nitrogens is 2. The molecule has 0 unspecified atom stereocenters. The topological polar surface area (TPSA) is 8.29 Å². The van der Waals surface area contributed by atoms with Crippen molar-refractivity contribution >= 4 is 5.52 Å². The number of hydrogen-bond donors (Lipinski definition) is 0. The third kappa shape index (κ3) is 1.57. The molecule has 0 atom stereocenters. The van der Waals surface area contributed by atoms with Gasteiger partial charge in [-0.05, 0) is 19.1 Å². The van der Waals surface area contributed by atoms with E-state index in [9.17, 15) is 0 Å². The maximum atomic E-state index is 2.20. The molecule has 0 aromatic carbocycles. The molecule has 0 saturated heterocycles. The van der Waals surface area contributed by atoms with Crippen molar-refractivity contribution in [3.8, 4) is 0 Å². The maximum Gasteiger partial charge on any atom is 0.202 e. The normalized spacial score (nSPS) is 10.1. The van der Waals surface area contributed by atoms with Crippen LogP contribution in [0.4, 0.5) is 0 Å². The molecule has 0 N–H and O–H groups in total. The van der Waals surface area contributed by atoms with Gasteiger partial charge in [0.05, 0.1) is 6.20 Å². The highest BCUT2D eigenvalue weighted by Crippen LogP contribution is 2.09. The van der Waals surface area contributed by atoms with Crippen molar-refractivity contribution in [3.05, 3.63) is 35.9 Å². The van der Waals surface area contributed by atoms with Gasteiger partial charge >= 0.3 is 0 Å². The molecule has 2 aromatic heterocycles. The number of rotatable bonds is 0. The van der Waals surface area contributed by atoms with Crippen LogP contribution in [-0.4, -0.2) is 4.40 Å². The monoisotopic (exact) mass is 288 g/mol. The van der Waals surface area contributed by atoms with Crippen LogP contribution >= 0.6 is 0 Å². The molecule has 70 valence electrons. The summed E-state index contributed by atoms with van der Waals surface area (Å²) in [6, 6.07) is 4.30. The highest BCUT2D eigenvalue weighted by molar-refractivity contribution is 5.51. The molecule has 0 radical (unpaired) electrons. The molecule has 0 aliphatic rings. The number of fused-ring (bicyclic) bond motifs is 1. The molecule has 0 amide bonds. The van der Waals surface area contributed by atoms with Gasteiger partial charge in [-0.25, -0.2) is 4.57 Å². The van der Waals surface area contributed by atoms with Crippen LogP contribution < -0.4 is 28.5 Å². The molecule has 0 saturated carbocycles. The van der Waals surface area contributed by atoms with Crippen LogP contribution in [0, 0.1) is 13.8 Å². The third-order valence-corrected chi connectivity index (χ3v) is 2.46. The second-order valence-electron chi connectivity index (χ2n) is 3.22. The molecule has 0 aliphatic heterocycles. The predicted molar refractivity (Wildman–Crippen MR) is 48.0 cm³/mol. The molecular weight excluding hydrogens is 275 g/mol. The summed E-state index contributed by atoms with van der Waals surface area (Å²) in [5, 5.41) is 0. The summed E-state index contributed by atoms with van der Waals surface area (Å²) in [5.74, 6) is 0. The Balaban J connectivity index is 0.000000845. The molecule has 2 aromatic rings. The molecule has 2 nitrogen and oxygen atoms in total. The molecule has 3 heteroatoms. The van der Waals surface area contributed by atoms with Crippen molar-refractivity contribution in [1.82, 2.24) is 4.40 Å². The standard InChI is InChI=1S/C10H13N2.HI/c1-8-4-5-10-9(2)11(3)6-7-12(8)10;/h4-7H,1-3H3;1H/q+1;/p-1. The van der Waals surface area contributed by atoms with Crippen molar-refractivity contribution in [2.45, 2.75) is 13.8 Å². The van der Waals surface area contributed by atoms with Crippen LogP contribution in [0.1, 0.15) is 11.4 Å². The summed E-state index contributed by atoms with van der Waals surface area (Å²) in [7, 11) is 2.07. The first-order chi connectivity index (χ1) is 5.70. The van der Waals surface area contributed by atoms with E-state index < -0.39 is 0 Å². The molecule has 2 heterocycles. The quantitative estimate of drug-likeness (QED) is 0.407. The second-order valence-corrected chi connectivity index (χ2v) is 3.22. The average molecular weight is 288 g/mol. The summed E-state index contributed by atoms with van der Waals surface area (Å²) in [6.45, 7) is 4.25. The first kappa shape index (κ1) is 10.5. The highest BCUT2D eigenvalue weighted by atomic mass is 127. The van der Waals surface area contributed by atoms with Gasteiger partial charge in [0.2, 0.25) is 5.69 Å². The maximum absolute atomic E-state index is 2.20. The Hall–Kier alpha value is -0.580. The van der Waals surface area contributed by atoms with E-state index >= 15 is 0 Å². The van der Waals surface area contributed by atoms with Crippen LogP contribution in [0.5, 0.6) is 0 Å². The Morgan fingerprint density at radius 3 is 2.62 bits per heavy atom. The first-order valence-electron chi connectivity index (χ1n) is 4.13. The van der Waals surface area contributed by atoms with Crippen molar-refractivity contribution in [2.75, 3.05) is 0 Å². The Morgan fingerprint density at radius 2 is 1.92 bits per heavy atom. The molecule has 0 fully saturated rings. The zero-order valence-corrected chi connectivity index (χ0v) is 10.2. The molecule has 0 aliphatic carbocycles. The second kappa shape index (κ2) is 3.65. The van der Waals surface area contributed by atoms with E-state index in [0.29, 0.717) is 0 Å². The molecule has 0 spiro atoms. The van der Waals surface area contributed by atoms with E-state index in [4.69, 9.17) is 0 Å².